The summed E-state index contributed by atoms with van der Waals surface area (Å²) in [4.78, 5) is 32.2. The Morgan fingerprint density at radius 1 is 1.09 bits per heavy atom. The van der Waals surface area contributed by atoms with Crippen LogP contribution < -0.4 is 0 Å². The fourth-order valence-electron chi connectivity index (χ4n) is 5.07. The summed E-state index contributed by atoms with van der Waals surface area (Å²) in [6, 6.07) is 7.66. The van der Waals surface area contributed by atoms with Crippen LogP contribution in [0.2, 0.25) is 0 Å². The van der Waals surface area contributed by atoms with Gasteiger partial charge < -0.3 is 14.2 Å². The van der Waals surface area contributed by atoms with Gasteiger partial charge in [0.05, 0.1) is 11.2 Å². The molecule has 2 saturated heterocycles. The SMILES string of the molecule is Cc1nn(C(=O)CCC(=O)N2CCCC(Cc3nc(C4CCOCC4)no3)C2)c2ccccc12. The number of rotatable bonds is 6. The molecule has 4 heterocycles. The number of ether oxygens (including phenoxy) is 1. The Hall–Kier alpha value is -3.07. The van der Waals surface area contributed by atoms with Crippen LogP contribution in [0.3, 0.4) is 0 Å². The highest BCUT2D eigenvalue weighted by Crippen LogP contribution is 2.26. The fraction of sp³-hybridized carbons (Fsp3) is 0.560. The van der Waals surface area contributed by atoms with E-state index in [0.717, 1.165) is 67.9 Å². The number of nitrogens with zero attached hydrogens (tertiary/aromatic N) is 5. The van der Waals surface area contributed by atoms with Crippen molar-refractivity contribution in [3.05, 3.63) is 41.7 Å². The van der Waals surface area contributed by atoms with E-state index in [9.17, 15) is 9.59 Å². The smallest absolute Gasteiger partial charge is 0.247 e. The monoisotopic (exact) mass is 465 g/mol. The molecule has 2 aliphatic heterocycles. The highest BCUT2D eigenvalue weighted by Gasteiger charge is 2.27. The summed E-state index contributed by atoms with van der Waals surface area (Å²) >= 11 is 0. The third-order valence-electron chi connectivity index (χ3n) is 6.97. The summed E-state index contributed by atoms with van der Waals surface area (Å²) in [7, 11) is 0. The summed E-state index contributed by atoms with van der Waals surface area (Å²) in [5.41, 5.74) is 1.60. The zero-order valence-corrected chi connectivity index (χ0v) is 19.6. The van der Waals surface area contributed by atoms with Gasteiger partial charge in [-0.05, 0) is 44.6 Å². The summed E-state index contributed by atoms with van der Waals surface area (Å²) in [6.07, 6.45) is 4.83. The number of carbonyl (C=O) groups is 2. The van der Waals surface area contributed by atoms with Crippen LogP contribution in [0.1, 0.15) is 66.6 Å². The van der Waals surface area contributed by atoms with Crippen molar-refractivity contribution in [1.29, 1.82) is 0 Å². The molecule has 1 amide bonds. The predicted octanol–water partition coefficient (Wildman–Crippen LogP) is 3.52. The molecule has 34 heavy (non-hydrogen) atoms. The number of piperidine rings is 1. The van der Waals surface area contributed by atoms with E-state index in [1.54, 1.807) is 0 Å². The number of hydrogen-bond acceptors (Lipinski definition) is 7. The van der Waals surface area contributed by atoms with Crippen LogP contribution in [-0.2, 0) is 16.0 Å². The topological polar surface area (TPSA) is 103 Å². The van der Waals surface area contributed by atoms with Gasteiger partial charge in [-0.1, -0.05) is 23.4 Å². The molecule has 0 aliphatic carbocycles. The molecule has 180 valence electrons. The van der Waals surface area contributed by atoms with E-state index in [2.05, 4.69) is 15.2 Å². The molecular formula is C25H31N5O4. The van der Waals surface area contributed by atoms with E-state index in [0.29, 0.717) is 24.8 Å². The van der Waals surface area contributed by atoms with Gasteiger partial charge in [-0.3, -0.25) is 9.59 Å². The van der Waals surface area contributed by atoms with Crippen LogP contribution in [0, 0.1) is 12.8 Å². The quantitative estimate of drug-likeness (QED) is 0.549. The lowest BCUT2D eigenvalue weighted by molar-refractivity contribution is -0.133. The van der Waals surface area contributed by atoms with Crippen LogP contribution in [0.5, 0.6) is 0 Å². The minimum absolute atomic E-state index is 0.0136. The Labute approximate surface area is 198 Å². The van der Waals surface area contributed by atoms with Crippen molar-refractivity contribution in [2.24, 2.45) is 5.92 Å². The van der Waals surface area contributed by atoms with Gasteiger partial charge in [0.2, 0.25) is 17.7 Å². The second-order valence-corrected chi connectivity index (χ2v) is 9.39. The van der Waals surface area contributed by atoms with E-state index in [4.69, 9.17) is 9.26 Å². The van der Waals surface area contributed by atoms with E-state index < -0.39 is 0 Å². The Morgan fingerprint density at radius 3 is 2.74 bits per heavy atom. The summed E-state index contributed by atoms with van der Waals surface area (Å²) < 4.78 is 12.4. The molecular weight excluding hydrogens is 434 g/mol. The van der Waals surface area contributed by atoms with Crippen molar-refractivity contribution in [1.82, 2.24) is 24.8 Å². The second-order valence-electron chi connectivity index (χ2n) is 9.39. The fourth-order valence-corrected chi connectivity index (χ4v) is 5.07. The van der Waals surface area contributed by atoms with Gasteiger partial charge in [0.1, 0.15) is 0 Å². The normalized spacial score (nSPS) is 19.6. The summed E-state index contributed by atoms with van der Waals surface area (Å²) in [6.45, 7) is 4.76. The number of hydrogen-bond donors (Lipinski definition) is 0. The van der Waals surface area contributed by atoms with Crippen molar-refractivity contribution >= 4 is 22.7 Å². The molecule has 1 aromatic carbocycles. The van der Waals surface area contributed by atoms with Crippen LogP contribution in [0.25, 0.3) is 10.9 Å². The van der Waals surface area contributed by atoms with Gasteiger partial charge >= 0.3 is 0 Å². The lowest BCUT2D eigenvalue weighted by Crippen LogP contribution is -2.40. The summed E-state index contributed by atoms with van der Waals surface area (Å²) in [5, 5.41) is 9.54. The van der Waals surface area contributed by atoms with Gasteiger partial charge in [0.15, 0.2) is 5.82 Å². The first-order chi connectivity index (χ1) is 16.6. The summed E-state index contributed by atoms with van der Waals surface area (Å²) in [5.74, 6) is 1.88. The number of para-hydroxylation sites is 1. The Kier molecular flexibility index (Phi) is 6.71. The van der Waals surface area contributed by atoms with Gasteiger partial charge in [-0.15, -0.1) is 0 Å². The molecule has 5 rings (SSSR count). The first-order valence-corrected chi connectivity index (χ1v) is 12.2. The van der Waals surface area contributed by atoms with Gasteiger partial charge in [0.25, 0.3) is 0 Å². The average molecular weight is 466 g/mol. The van der Waals surface area contributed by atoms with E-state index >= 15 is 0 Å². The van der Waals surface area contributed by atoms with Gasteiger partial charge in [-0.25, -0.2) is 0 Å². The first-order valence-electron chi connectivity index (χ1n) is 12.2. The molecule has 1 unspecified atom stereocenters. The highest BCUT2D eigenvalue weighted by atomic mass is 16.5. The number of amides is 1. The van der Waals surface area contributed by atoms with E-state index in [1.165, 1.54) is 4.68 Å². The van der Waals surface area contributed by atoms with Crippen molar-refractivity contribution in [3.63, 3.8) is 0 Å². The zero-order valence-electron chi connectivity index (χ0n) is 19.6. The Balaban J connectivity index is 1.14. The maximum atomic E-state index is 12.9. The van der Waals surface area contributed by atoms with Gasteiger partial charge in [-0.2, -0.15) is 14.8 Å². The number of carbonyl (C=O) groups excluding carboxylic acids is 2. The molecule has 9 heteroatoms. The van der Waals surface area contributed by atoms with Crippen LogP contribution >= 0.6 is 0 Å². The van der Waals surface area contributed by atoms with Crippen LogP contribution in [-0.4, -0.2) is 62.9 Å². The van der Waals surface area contributed by atoms with Crippen LogP contribution in [0.15, 0.2) is 28.8 Å². The highest BCUT2D eigenvalue weighted by molar-refractivity contribution is 5.93. The maximum absolute atomic E-state index is 12.9. The molecule has 0 saturated carbocycles. The minimum Gasteiger partial charge on any atom is -0.381 e. The molecule has 2 aromatic heterocycles. The molecule has 0 N–H and O–H groups in total. The number of fused-ring (bicyclic) bond motifs is 1. The lowest BCUT2D eigenvalue weighted by Gasteiger charge is -2.32. The van der Waals surface area contributed by atoms with E-state index in [1.807, 2.05) is 36.1 Å². The van der Waals surface area contributed by atoms with Crippen molar-refractivity contribution in [2.75, 3.05) is 26.3 Å². The second kappa shape index (κ2) is 10.0. The van der Waals surface area contributed by atoms with Crippen LogP contribution in [0.4, 0.5) is 0 Å². The average Bonchev–Trinajstić information content (AvgIpc) is 3.48. The molecule has 0 radical (unpaired) electrons. The third kappa shape index (κ3) is 4.89. The molecule has 0 spiro atoms. The third-order valence-corrected chi connectivity index (χ3v) is 6.97. The molecule has 1 atom stereocenters. The lowest BCUT2D eigenvalue weighted by atomic mass is 9.94. The predicted molar refractivity (Wildman–Crippen MR) is 124 cm³/mol. The number of aromatic nitrogens is 4. The molecule has 3 aromatic rings. The van der Waals surface area contributed by atoms with Crippen molar-refractivity contribution in [2.45, 2.75) is 57.8 Å². The maximum Gasteiger partial charge on any atom is 0.247 e. The standard InChI is InChI=1S/C25H31N5O4/c1-17-20-6-2-3-7-21(20)30(27-17)24(32)9-8-23(31)29-12-4-5-18(16-29)15-22-26-25(28-34-22)19-10-13-33-14-11-19/h2-3,6-7,18-19H,4-5,8-16H2,1H3. The number of likely N-dealkylation sites (tertiary alicyclic amines) is 1. The van der Waals surface area contributed by atoms with Gasteiger partial charge in [0, 0.05) is 56.9 Å². The molecule has 9 nitrogen and oxygen atoms in total. The largest absolute Gasteiger partial charge is 0.381 e. The molecule has 2 aliphatic rings. The Morgan fingerprint density at radius 2 is 1.88 bits per heavy atom. The van der Waals surface area contributed by atoms with Crippen molar-refractivity contribution in [3.8, 4) is 0 Å². The zero-order chi connectivity index (χ0) is 23.5. The minimum atomic E-state index is -0.155. The number of aryl methyl sites for hydroxylation is 1. The molecule has 0 bridgehead atoms. The van der Waals surface area contributed by atoms with Crippen molar-refractivity contribution < 1.29 is 18.8 Å². The number of benzene rings is 1. The first kappa shape index (κ1) is 22.7. The molecule has 2 fully saturated rings. The van der Waals surface area contributed by atoms with E-state index in [-0.39, 0.29) is 30.6 Å². The Bertz CT molecular complexity index is 1160.